The van der Waals surface area contributed by atoms with Crippen LogP contribution in [0.3, 0.4) is 0 Å². The summed E-state index contributed by atoms with van der Waals surface area (Å²) < 4.78 is 20.0. The number of piperidine rings is 1. The van der Waals surface area contributed by atoms with E-state index < -0.39 is 5.67 Å². The summed E-state index contributed by atoms with van der Waals surface area (Å²) in [6.07, 6.45) is 2.17. The van der Waals surface area contributed by atoms with Gasteiger partial charge in [0.25, 0.3) is 0 Å². The number of alkyl halides is 1. The topological polar surface area (TPSA) is 19.0 Å². The van der Waals surface area contributed by atoms with E-state index in [-0.39, 0.29) is 0 Å². The van der Waals surface area contributed by atoms with Crippen LogP contribution in [-0.2, 0) is 13.1 Å². The predicted octanol–water partition coefficient (Wildman–Crippen LogP) is 5.93. The smallest absolute Gasteiger partial charge is 0.119 e. The number of rotatable bonds is 9. The van der Waals surface area contributed by atoms with E-state index in [1.54, 1.807) is 13.8 Å². The van der Waals surface area contributed by atoms with Crippen molar-refractivity contribution in [1.82, 2.24) is 14.7 Å². The fourth-order valence-corrected chi connectivity index (χ4v) is 5.82. The van der Waals surface area contributed by atoms with E-state index in [0.29, 0.717) is 24.5 Å². The quantitative estimate of drug-likeness (QED) is 0.429. The van der Waals surface area contributed by atoms with Gasteiger partial charge in [0.05, 0.1) is 6.61 Å². The van der Waals surface area contributed by atoms with Crippen LogP contribution < -0.4 is 4.74 Å². The van der Waals surface area contributed by atoms with Gasteiger partial charge in [0.2, 0.25) is 0 Å². The summed E-state index contributed by atoms with van der Waals surface area (Å²) in [4.78, 5) is 7.47. The van der Waals surface area contributed by atoms with Gasteiger partial charge in [-0.2, -0.15) is 0 Å². The van der Waals surface area contributed by atoms with Crippen molar-refractivity contribution >= 4 is 0 Å². The van der Waals surface area contributed by atoms with Gasteiger partial charge in [-0.3, -0.25) is 9.80 Å². The van der Waals surface area contributed by atoms with Crippen LogP contribution in [0.4, 0.5) is 4.39 Å². The molecule has 0 aliphatic carbocycles. The Bertz CT molecular complexity index is 920. The van der Waals surface area contributed by atoms with E-state index in [1.807, 2.05) is 0 Å². The first-order chi connectivity index (χ1) is 17.1. The first-order valence-electron chi connectivity index (χ1n) is 13.8. The molecule has 4 rings (SSSR count). The van der Waals surface area contributed by atoms with Gasteiger partial charge in [-0.15, -0.1) is 0 Å². The number of nitrogens with zero attached hydrogens (tertiary/aromatic N) is 3. The average molecular weight is 496 g/mol. The highest BCUT2D eigenvalue weighted by Crippen LogP contribution is 2.24. The third kappa shape index (κ3) is 8.03. The second kappa shape index (κ2) is 12.1. The molecule has 2 atom stereocenters. The fraction of sp³-hybridized carbons (Fsp3) is 0.613. The van der Waals surface area contributed by atoms with Crippen LogP contribution in [-0.4, -0.2) is 71.8 Å². The zero-order valence-corrected chi connectivity index (χ0v) is 23.0. The van der Waals surface area contributed by atoms with E-state index in [4.69, 9.17) is 4.74 Å². The second-order valence-corrected chi connectivity index (χ2v) is 11.9. The van der Waals surface area contributed by atoms with Crippen LogP contribution in [0.2, 0.25) is 0 Å². The molecule has 0 saturated carbocycles. The summed E-state index contributed by atoms with van der Waals surface area (Å²) in [5.74, 6) is 1.51. The maximum Gasteiger partial charge on any atom is 0.119 e. The largest absolute Gasteiger partial charge is 0.493 e. The summed E-state index contributed by atoms with van der Waals surface area (Å²) in [5.41, 5.74) is 2.95. The summed E-state index contributed by atoms with van der Waals surface area (Å²) in [5, 5.41) is 0. The lowest BCUT2D eigenvalue weighted by Crippen LogP contribution is -2.55. The molecule has 0 bridgehead atoms. The van der Waals surface area contributed by atoms with Gasteiger partial charge in [0.1, 0.15) is 11.4 Å². The van der Waals surface area contributed by atoms with Crippen molar-refractivity contribution in [3.8, 4) is 5.75 Å². The van der Waals surface area contributed by atoms with E-state index >= 15 is 0 Å². The molecule has 36 heavy (non-hydrogen) atoms. The first-order valence-corrected chi connectivity index (χ1v) is 13.8. The lowest BCUT2D eigenvalue weighted by atomic mass is 9.97. The SMILES string of the molecule is Cc1ccc(CN2CC(C)N(Cc3ccc(OCC4CCN(CC(C)(C)F)CC4)cc3)C(C)C2)cc1. The van der Waals surface area contributed by atoms with Crippen LogP contribution in [0.25, 0.3) is 0 Å². The third-order valence-corrected chi connectivity index (χ3v) is 7.78. The molecule has 0 amide bonds. The number of ether oxygens (including phenoxy) is 1. The van der Waals surface area contributed by atoms with Gasteiger partial charge >= 0.3 is 0 Å². The number of piperazine rings is 1. The van der Waals surface area contributed by atoms with Crippen molar-refractivity contribution in [1.29, 1.82) is 0 Å². The molecule has 5 heteroatoms. The van der Waals surface area contributed by atoms with Gasteiger partial charge in [0, 0.05) is 44.8 Å². The second-order valence-electron chi connectivity index (χ2n) is 11.9. The van der Waals surface area contributed by atoms with Crippen molar-refractivity contribution in [2.75, 3.05) is 39.3 Å². The van der Waals surface area contributed by atoms with Gasteiger partial charge in [-0.25, -0.2) is 4.39 Å². The van der Waals surface area contributed by atoms with Gasteiger partial charge in [0.15, 0.2) is 0 Å². The van der Waals surface area contributed by atoms with Gasteiger partial charge < -0.3 is 9.64 Å². The zero-order chi connectivity index (χ0) is 25.7. The Morgan fingerprint density at radius 2 is 1.39 bits per heavy atom. The Morgan fingerprint density at radius 1 is 0.833 bits per heavy atom. The number of benzene rings is 2. The molecule has 198 valence electrons. The maximum absolute atomic E-state index is 13.9. The van der Waals surface area contributed by atoms with Gasteiger partial charge in [-0.1, -0.05) is 42.0 Å². The van der Waals surface area contributed by atoms with Crippen LogP contribution in [0, 0.1) is 12.8 Å². The van der Waals surface area contributed by atoms with E-state index in [9.17, 15) is 4.39 Å². The molecule has 2 aromatic carbocycles. The highest BCUT2D eigenvalue weighted by atomic mass is 19.1. The molecule has 4 nitrogen and oxygen atoms in total. The van der Waals surface area contributed by atoms with Gasteiger partial charge in [-0.05, 0) is 89.7 Å². The number of likely N-dealkylation sites (tertiary alicyclic amines) is 1. The average Bonchev–Trinajstić information content (AvgIpc) is 2.82. The van der Waals surface area contributed by atoms with E-state index in [1.165, 1.54) is 16.7 Å². The van der Waals surface area contributed by atoms with E-state index in [0.717, 1.165) is 64.5 Å². The standard InChI is InChI=1S/C31H46FN3O/c1-24-6-8-27(9-7-24)20-34-18-25(2)35(26(3)19-34)21-28-10-12-30(13-11-28)36-22-29-14-16-33(17-15-29)23-31(4,5)32/h6-13,25-26,29H,14-23H2,1-5H3. The van der Waals surface area contributed by atoms with Crippen molar-refractivity contribution in [2.24, 2.45) is 5.92 Å². The minimum Gasteiger partial charge on any atom is -0.493 e. The molecule has 0 N–H and O–H groups in total. The summed E-state index contributed by atoms with van der Waals surface area (Å²) in [7, 11) is 0. The molecule has 2 fully saturated rings. The Hall–Kier alpha value is -1.95. The lowest BCUT2D eigenvalue weighted by Gasteiger charge is -2.44. The molecule has 2 aliphatic rings. The number of halogens is 1. The number of hydrogen-bond acceptors (Lipinski definition) is 4. The molecular weight excluding hydrogens is 449 g/mol. The number of aryl methyl sites for hydroxylation is 1. The van der Waals surface area contributed by atoms with Crippen LogP contribution in [0.15, 0.2) is 48.5 Å². The van der Waals surface area contributed by atoms with Crippen LogP contribution in [0.1, 0.15) is 57.2 Å². The summed E-state index contributed by atoms with van der Waals surface area (Å²) >= 11 is 0. The Morgan fingerprint density at radius 3 is 1.97 bits per heavy atom. The molecule has 2 aromatic rings. The van der Waals surface area contributed by atoms with Crippen molar-refractivity contribution in [3.05, 3.63) is 65.2 Å². The molecule has 2 heterocycles. The molecule has 0 spiro atoms. The van der Waals surface area contributed by atoms with E-state index in [2.05, 4.69) is 84.0 Å². The van der Waals surface area contributed by atoms with Crippen LogP contribution >= 0.6 is 0 Å². The predicted molar refractivity (Wildman–Crippen MR) is 147 cm³/mol. The fourth-order valence-electron chi connectivity index (χ4n) is 5.82. The summed E-state index contributed by atoms with van der Waals surface area (Å²) in [6.45, 7) is 17.6. The number of hydrogen-bond donors (Lipinski definition) is 0. The Balaban J connectivity index is 1.21. The van der Waals surface area contributed by atoms with Crippen molar-refractivity contribution in [3.63, 3.8) is 0 Å². The zero-order valence-electron chi connectivity index (χ0n) is 23.0. The molecule has 2 saturated heterocycles. The third-order valence-electron chi connectivity index (χ3n) is 7.78. The molecule has 2 unspecified atom stereocenters. The minimum atomic E-state index is -1.12. The first kappa shape index (κ1) is 27.1. The molecule has 0 radical (unpaired) electrons. The lowest BCUT2D eigenvalue weighted by molar-refractivity contribution is 0.0290. The highest BCUT2D eigenvalue weighted by molar-refractivity contribution is 5.27. The summed E-state index contributed by atoms with van der Waals surface area (Å²) in [6, 6.07) is 18.7. The maximum atomic E-state index is 13.9. The molecule has 0 aromatic heterocycles. The monoisotopic (exact) mass is 495 g/mol. The van der Waals surface area contributed by atoms with Crippen LogP contribution in [0.5, 0.6) is 5.75 Å². The highest BCUT2D eigenvalue weighted by Gasteiger charge is 2.29. The molecule has 2 aliphatic heterocycles. The Kier molecular flexibility index (Phi) is 9.08. The molecular formula is C31H46FN3O. The normalized spacial score (nSPS) is 23.2. The minimum absolute atomic E-state index is 0.518. The Labute approximate surface area is 218 Å². The van der Waals surface area contributed by atoms with Crippen molar-refractivity contribution < 1.29 is 9.13 Å². The van der Waals surface area contributed by atoms with Crippen molar-refractivity contribution in [2.45, 2.75) is 78.3 Å².